The first-order valence-corrected chi connectivity index (χ1v) is 11.4. The van der Waals surface area contributed by atoms with E-state index in [9.17, 15) is 13.2 Å². The third-order valence-electron chi connectivity index (χ3n) is 4.34. The molecule has 0 aliphatic heterocycles. The molecule has 2 aromatic rings. The second-order valence-corrected chi connectivity index (χ2v) is 9.67. The molecule has 0 bridgehead atoms. The van der Waals surface area contributed by atoms with E-state index in [1.807, 2.05) is 30.3 Å². The number of hydrogen-bond donors (Lipinski definition) is 1. The molecule has 0 aromatic heterocycles. The normalized spacial score (nSPS) is 12.9. The van der Waals surface area contributed by atoms with Crippen molar-refractivity contribution in [3.63, 3.8) is 0 Å². The Hall–Kier alpha value is -1.89. The van der Waals surface area contributed by atoms with E-state index in [1.54, 1.807) is 24.3 Å². The second-order valence-electron chi connectivity index (χ2n) is 7.28. The number of nitrogens with one attached hydrogen (secondary N) is 1. The molecule has 0 saturated carbocycles. The molecule has 152 valence electrons. The lowest BCUT2D eigenvalue weighted by Crippen LogP contribution is -2.41. The zero-order valence-corrected chi connectivity index (χ0v) is 18.0. The molecule has 2 rings (SSSR count). The predicted molar refractivity (Wildman–Crippen MR) is 113 cm³/mol. The minimum atomic E-state index is -3.58. The molecule has 0 radical (unpaired) electrons. The molecule has 0 aliphatic carbocycles. The summed E-state index contributed by atoms with van der Waals surface area (Å²) in [5.74, 6) is 0.0339. The van der Waals surface area contributed by atoms with Crippen LogP contribution in [0.15, 0.2) is 54.6 Å². The van der Waals surface area contributed by atoms with Crippen LogP contribution in [0.25, 0.3) is 0 Å². The lowest BCUT2D eigenvalue weighted by molar-refractivity contribution is -0.122. The third-order valence-corrected chi connectivity index (χ3v) is 5.90. The average Bonchev–Trinajstić information content (AvgIpc) is 2.62. The van der Waals surface area contributed by atoms with Crippen molar-refractivity contribution in [1.82, 2.24) is 9.62 Å². The molecule has 1 N–H and O–H groups in total. The second kappa shape index (κ2) is 10.0. The minimum Gasteiger partial charge on any atom is -0.348 e. The molecule has 0 unspecified atom stereocenters. The molecule has 28 heavy (non-hydrogen) atoms. The summed E-state index contributed by atoms with van der Waals surface area (Å²) < 4.78 is 25.6. The van der Waals surface area contributed by atoms with Crippen molar-refractivity contribution in [1.29, 1.82) is 0 Å². The topological polar surface area (TPSA) is 66.5 Å². The third kappa shape index (κ3) is 6.93. The molecule has 5 nitrogen and oxygen atoms in total. The van der Waals surface area contributed by atoms with E-state index in [2.05, 4.69) is 19.2 Å². The Morgan fingerprint density at radius 1 is 1.07 bits per heavy atom. The zero-order valence-electron chi connectivity index (χ0n) is 16.4. The highest BCUT2D eigenvalue weighted by molar-refractivity contribution is 7.88. The summed E-state index contributed by atoms with van der Waals surface area (Å²) in [4.78, 5) is 12.7. The molecule has 0 saturated heterocycles. The van der Waals surface area contributed by atoms with Crippen molar-refractivity contribution in [2.24, 2.45) is 5.92 Å². The lowest BCUT2D eigenvalue weighted by Gasteiger charge is -2.24. The average molecular weight is 423 g/mol. The van der Waals surface area contributed by atoms with Crippen molar-refractivity contribution in [2.45, 2.75) is 32.9 Å². The Balaban J connectivity index is 2.14. The van der Waals surface area contributed by atoms with Gasteiger partial charge < -0.3 is 5.32 Å². The van der Waals surface area contributed by atoms with E-state index in [-0.39, 0.29) is 25.0 Å². The molecule has 0 spiro atoms. The molecule has 0 aliphatic rings. The van der Waals surface area contributed by atoms with Gasteiger partial charge in [-0.25, -0.2) is 8.42 Å². The number of nitrogens with zero attached hydrogens (tertiary/aromatic N) is 1. The van der Waals surface area contributed by atoms with Gasteiger partial charge in [0.2, 0.25) is 15.9 Å². The number of carbonyl (C=O) groups excluding carboxylic acids is 1. The molecule has 7 heteroatoms. The summed E-state index contributed by atoms with van der Waals surface area (Å²) in [6.45, 7) is 3.96. The summed E-state index contributed by atoms with van der Waals surface area (Å²) in [6, 6.07) is 16.5. The smallest absolute Gasteiger partial charge is 0.235 e. The van der Waals surface area contributed by atoms with Gasteiger partial charge in [0, 0.05) is 11.6 Å². The summed E-state index contributed by atoms with van der Waals surface area (Å²) in [5, 5.41) is 3.46. The highest BCUT2D eigenvalue weighted by atomic mass is 35.5. The first kappa shape index (κ1) is 22.4. The Bertz CT molecular complexity index is 886. The number of rotatable bonds is 9. The van der Waals surface area contributed by atoms with Crippen LogP contribution in [-0.2, 0) is 21.4 Å². The molecular formula is C21H27ClN2O3S. The molecule has 1 amide bonds. The van der Waals surface area contributed by atoms with Gasteiger partial charge in [0.05, 0.1) is 18.8 Å². The Morgan fingerprint density at radius 2 is 1.68 bits per heavy atom. The quantitative estimate of drug-likeness (QED) is 0.664. The maximum Gasteiger partial charge on any atom is 0.235 e. The summed E-state index contributed by atoms with van der Waals surface area (Å²) >= 11 is 6.15. The number of amides is 1. The van der Waals surface area contributed by atoms with Crippen LogP contribution < -0.4 is 5.32 Å². The maximum atomic E-state index is 12.7. The molecule has 1 atom stereocenters. The number of benzene rings is 2. The fourth-order valence-corrected chi connectivity index (χ4v) is 3.86. The Kier molecular flexibility index (Phi) is 8.04. The number of halogens is 1. The standard InChI is InChI=1S/C21H27ClN2O3S/c1-16(2)13-20(17-9-5-4-6-10-17)23-21(25)15-24(28(3,26)27)14-18-11-7-8-12-19(18)22/h4-12,16,20H,13-15H2,1-3H3,(H,23,25)/t20-/m1/s1. The van der Waals surface area contributed by atoms with Crippen molar-refractivity contribution in [3.8, 4) is 0 Å². The SMILES string of the molecule is CC(C)C[C@@H](NC(=O)CN(Cc1ccccc1Cl)S(C)(=O)=O)c1ccccc1. The number of sulfonamides is 1. The van der Waals surface area contributed by atoms with Crippen LogP contribution in [0.5, 0.6) is 0 Å². The van der Waals surface area contributed by atoms with E-state index in [0.717, 1.165) is 22.5 Å². The lowest BCUT2D eigenvalue weighted by atomic mass is 9.97. The van der Waals surface area contributed by atoms with Crippen molar-refractivity contribution >= 4 is 27.5 Å². The highest BCUT2D eigenvalue weighted by Crippen LogP contribution is 2.22. The van der Waals surface area contributed by atoms with Crippen molar-refractivity contribution in [2.75, 3.05) is 12.8 Å². The van der Waals surface area contributed by atoms with E-state index in [0.29, 0.717) is 16.5 Å². The van der Waals surface area contributed by atoms with Crippen LogP contribution in [0.3, 0.4) is 0 Å². The van der Waals surface area contributed by atoms with Crippen molar-refractivity contribution < 1.29 is 13.2 Å². The molecule has 2 aromatic carbocycles. The van der Waals surface area contributed by atoms with Gasteiger partial charge in [0.1, 0.15) is 0 Å². The van der Waals surface area contributed by atoms with Crippen LogP contribution in [0.1, 0.15) is 37.4 Å². The largest absolute Gasteiger partial charge is 0.348 e. The summed E-state index contributed by atoms with van der Waals surface area (Å²) in [5.41, 5.74) is 1.66. The maximum absolute atomic E-state index is 12.7. The number of hydrogen-bond acceptors (Lipinski definition) is 3. The van der Waals surface area contributed by atoms with Gasteiger partial charge >= 0.3 is 0 Å². The predicted octanol–water partition coefficient (Wildman–Crippen LogP) is 4.01. The van der Waals surface area contributed by atoms with Gasteiger partial charge in [-0.15, -0.1) is 0 Å². The van der Waals surface area contributed by atoms with Gasteiger partial charge in [-0.1, -0.05) is 74.0 Å². The molecule has 0 heterocycles. The van der Waals surface area contributed by atoms with E-state index < -0.39 is 10.0 Å². The van der Waals surface area contributed by atoms with Gasteiger partial charge in [-0.3, -0.25) is 4.79 Å². The molecular weight excluding hydrogens is 396 g/mol. The first-order valence-electron chi connectivity index (χ1n) is 9.19. The Labute approximate surface area is 172 Å². The van der Waals surface area contributed by atoms with Crippen molar-refractivity contribution in [3.05, 3.63) is 70.7 Å². The van der Waals surface area contributed by atoms with Crippen LogP contribution in [0.2, 0.25) is 5.02 Å². The highest BCUT2D eigenvalue weighted by Gasteiger charge is 2.23. The van der Waals surface area contributed by atoms with E-state index >= 15 is 0 Å². The minimum absolute atomic E-state index is 0.0477. The number of carbonyl (C=O) groups is 1. The van der Waals surface area contributed by atoms with Crippen LogP contribution >= 0.6 is 11.6 Å². The van der Waals surface area contributed by atoms with Crippen LogP contribution in [-0.4, -0.2) is 31.4 Å². The van der Waals surface area contributed by atoms with E-state index in [1.165, 1.54) is 0 Å². The fourth-order valence-electron chi connectivity index (χ4n) is 2.94. The van der Waals surface area contributed by atoms with Gasteiger partial charge in [0.15, 0.2) is 0 Å². The van der Waals surface area contributed by atoms with Gasteiger partial charge in [0.25, 0.3) is 0 Å². The fraction of sp³-hybridized carbons (Fsp3) is 0.381. The molecule has 0 fully saturated rings. The van der Waals surface area contributed by atoms with Gasteiger partial charge in [-0.05, 0) is 29.5 Å². The summed E-state index contributed by atoms with van der Waals surface area (Å²) in [7, 11) is -3.58. The van der Waals surface area contributed by atoms with E-state index in [4.69, 9.17) is 11.6 Å². The van der Waals surface area contributed by atoms with Crippen LogP contribution in [0.4, 0.5) is 0 Å². The zero-order chi connectivity index (χ0) is 20.7. The monoisotopic (exact) mass is 422 g/mol. The first-order chi connectivity index (χ1) is 13.2. The summed E-state index contributed by atoms with van der Waals surface area (Å²) in [6.07, 6.45) is 1.86. The van der Waals surface area contributed by atoms with Gasteiger partial charge in [-0.2, -0.15) is 4.31 Å². The van der Waals surface area contributed by atoms with Crippen LogP contribution in [0, 0.1) is 5.92 Å². The Morgan fingerprint density at radius 3 is 2.25 bits per heavy atom.